The number of piperazine rings is 1. The van der Waals surface area contributed by atoms with Crippen molar-refractivity contribution in [3.8, 4) is 5.75 Å². The number of ether oxygens (including phenoxy) is 1. The molecule has 0 saturated carbocycles. The van der Waals surface area contributed by atoms with Crippen molar-refractivity contribution in [1.29, 1.82) is 0 Å². The minimum absolute atomic E-state index is 0.0407. The second kappa shape index (κ2) is 12.4. The number of urea groups is 1. The molecule has 1 fully saturated rings. The van der Waals surface area contributed by atoms with E-state index in [1.54, 1.807) is 12.0 Å². The SMILES string of the molecule is COc1ccccc1/C=C/CN(CCN1CCN(C(=O)Nc2ccccc2C(F)(F)F)CC1)C(C)=O. The van der Waals surface area contributed by atoms with Crippen LogP contribution in [0.2, 0.25) is 0 Å². The maximum Gasteiger partial charge on any atom is 0.418 e. The Kier molecular flexibility index (Phi) is 9.35. The number of benzene rings is 2. The van der Waals surface area contributed by atoms with Crippen LogP contribution in [0.3, 0.4) is 0 Å². The molecule has 2 aromatic rings. The van der Waals surface area contributed by atoms with E-state index in [1.807, 2.05) is 36.4 Å². The number of para-hydroxylation sites is 2. The molecular weight excluding hydrogens is 473 g/mol. The minimum Gasteiger partial charge on any atom is -0.496 e. The molecule has 1 aliphatic heterocycles. The van der Waals surface area contributed by atoms with Crippen molar-refractivity contribution in [2.45, 2.75) is 13.1 Å². The number of rotatable bonds is 8. The van der Waals surface area contributed by atoms with Crippen LogP contribution < -0.4 is 10.1 Å². The maximum absolute atomic E-state index is 13.2. The maximum atomic E-state index is 13.2. The third kappa shape index (κ3) is 7.48. The minimum atomic E-state index is -4.55. The van der Waals surface area contributed by atoms with Gasteiger partial charge >= 0.3 is 12.2 Å². The van der Waals surface area contributed by atoms with Gasteiger partial charge in [0.2, 0.25) is 5.91 Å². The lowest BCUT2D eigenvalue weighted by Crippen LogP contribution is -2.51. The number of carbonyl (C=O) groups is 2. The molecule has 0 aliphatic carbocycles. The molecule has 0 unspecified atom stereocenters. The van der Waals surface area contributed by atoms with Gasteiger partial charge in [-0.15, -0.1) is 0 Å². The highest BCUT2D eigenvalue weighted by Gasteiger charge is 2.34. The topological polar surface area (TPSA) is 65.1 Å². The molecule has 1 aliphatic rings. The number of hydrogen-bond donors (Lipinski definition) is 1. The van der Waals surface area contributed by atoms with E-state index in [4.69, 9.17) is 4.74 Å². The molecule has 3 amide bonds. The molecule has 1 heterocycles. The fourth-order valence-corrected chi connectivity index (χ4v) is 3.96. The molecule has 0 bridgehead atoms. The van der Waals surface area contributed by atoms with Gasteiger partial charge in [-0.25, -0.2) is 4.79 Å². The molecule has 7 nitrogen and oxygen atoms in total. The summed E-state index contributed by atoms with van der Waals surface area (Å²) in [6, 6.07) is 12.0. The summed E-state index contributed by atoms with van der Waals surface area (Å²) in [6.45, 7) is 5.04. The third-order valence-corrected chi connectivity index (χ3v) is 6.03. The van der Waals surface area contributed by atoms with Gasteiger partial charge in [0.05, 0.1) is 18.4 Å². The van der Waals surface area contributed by atoms with Crippen molar-refractivity contribution in [2.24, 2.45) is 0 Å². The number of carbonyl (C=O) groups excluding carboxylic acids is 2. The van der Waals surface area contributed by atoms with Crippen molar-refractivity contribution in [1.82, 2.24) is 14.7 Å². The number of nitrogens with zero attached hydrogens (tertiary/aromatic N) is 3. The molecule has 0 radical (unpaired) electrons. The van der Waals surface area contributed by atoms with Crippen LogP contribution in [0.25, 0.3) is 6.08 Å². The van der Waals surface area contributed by atoms with Gasteiger partial charge in [0.15, 0.2) is 0 Å². The van der Waals surface area contributed by atoms with Gasteiger partial charge in [0.25, 0.3) is 0 Å². The lowest BCUT2D eigenvalue weighted by Gasteiger charge is -2.35. The first-order chi connectivity index (χ1) is 17.2. The van der Waals surface area contributed by atoms with Crippen LogP contribution in [0.15, 0.2) is 54.6 Å². The number of methoxy groups -OCH3 is 1. The Hall–Kier alpha value is -3.53. The Balaban J connectivity index is 1.47. The quantitative estimate of drug-likeness (QED) is 0.578. The number of hydrogen-bond acceptors (Lipinski definition) is 4. The van der Waals surface area contributed by atoms with Crippen LogP contribution in [0, 0.1) is 0 Å². The van der Waals surface area contributed by atoms with Crippen LogP contribution in [0.4, 0.5) is 23.7 Å². The van der Waals surface area contributed by atoms with Gasteiger partial charge < -0.3 is 19.9 Å². The van der Waals surface area contributed by atoms with Crippen LogP contribution in [-0.2, 0) is 11.0 Å². The molecule has 0 spiro atoms. The zero-order valence-corrected chi connectivity index (χ0v) is 20.4. The van der Waals surface area contributed by atoms with Crippen LogP contribution in [-0.4, -0.2) is 79.6 Å². The second-order valence-corrected chi connectivity index (χ2v) is 8.41. The molecule has 1 saturated heterocycles. The van der Waals surface area contributed by atoms with Gasteiger partial charge in [0, 0.05) is 58.3 Å². The summed E-state index contributed by atoms with van der Waals surface area (Å²) in [7, 11) is 1.61. The molecule has 0 aromatic heterocycles. The fraction of sp³-hybridized carbons (Fsp3) is 0.385. The van der Waals surface area contributed by atoms with E-state index >= 15 is 0 Å². The molecule has 0 atom stereocenters. The number of amides is 3. The van der Waals surface area contributed by atoms with E-state index in [0.717, 1.165) is 17.4 Å². The van der Waals surface area contributed by atoms with Crippen molar-refractivity contribution in [3.05, 3.63) is 65.7 Å². The van der Waals surface area contributed by atoms with Gasteiger partial charge in [0.1, 0.15) is 5.75 Å². The predicted octanol–water partition coefficient (Wildman–Crippen LogP) is 4.43. The Morgan fingerprint density at radius 2 is 1.72 bits per heavy atom. The summed E-state index contributed by atoms with van der Waals surface area (Å²) >= 11 is 0. The van der Waals surface area contributed by atoms with Gasteiger partial charge in [-0.05, 0) is 18.2 Å². The van der Waals surface area contributed by atoms with Gasteiger partial charge in [-0.3, -0.25) is 9.69 Å². The monoisotopic (exact) mass is 504 g/mol. The zero-order valence-electron chi connectivity index (χ0n) is 20.4. The number of anilines is 1. The molecule has 194 valence electrons. The second-order valence-electron chi connectivity index (χ2n) is 8.41. The first kappa shape index (κ1) is 27.1. The van der Waals surface area contributed by atoms with Crippen LogP contribution in [0.5, 0.6) is 5.75 Å². The zero-order chi connectivity index (χ0) is 26.1. The van der Waals surface area contributed by atoms with E-state index < -0.39 is 17.8 Å². The highest BCUT2D eigenvalue weighted by atomic mass is 19.4. The normalized spacial score (nSPS) is 14.6. The first-order valence-electron chi connectivity index (χ1n) is 11.7. The summed E-state index contributed by atoms with van der Waals surface area (Å²) < 4.78 is 44.9. The third-order valence-electron chi connectivity index (χ3n) is 6.03. The lowest BCUT2D eigenvalue weighted by atomic mass is 10.1. The summed E-state index contributed by atoms with van der Waals surface area (Å²) in [6.07, 6.45) is -0.711. The summed E-state index contributed by atoms with van der Waals surface area (Å²) in [4.78, 5) is 30.0. The fourth-order valence-electron chi connectivity index (χ4n) is 3.96. The first-order valence-corrected chi connectivity index (χ1v) is 11.7. The highest BCUT2D eigenvalue weighted by molar-refractivity contribution is 5.90. The number of alkyl halides is 3. The Bertz CT molecular complexity index is 1070. The van der Waals surface area contributed by atoms with E-state index in [1.165, 1.54) is 30.0 Å². The summed E-state index contributed by atoms with van der Waals surface area (Å²) in [5.74, 6) is 0.716. The smallest absolute Gasteiger partial charge is 0.418 e. The molecular formula is C26H31F3N4O3. The van der Waals surface area contributed by atoms with E-state index in [2.05, 4.69) is 10.2 Å². The van der Waals surface area contributed by atoms with Crippen LogP contribution >= 0.6 is 0 Å². The number of halogens is 3. The van der Waals surface area contributed by atoms with E-state index in [-0.39, 0.29) is 11.6 Å². The van der Waals surface area contributed by atoms with Crippen molar-refractivity contribution in [3.63, 3.8) is 0 Å². The number of nitrogens with one attached hydrogen (secondary N) is 1. The summed E-state index contributed by atoms with van der Waals surface area (Å²) in [5.41, 5.74) is -0.201. The average molecular weight is 505 g/mol. The molecule has 1 N–H and O–H groups in total. The molecule has 36 heavy (non-hydrogen) atoms. The standard InChI is InChI=1S/C26H31F3N4O3/c1-20(34)32(13-7-9-21-8-3-6-12-24(21)36-2)17-14-31-15-18-33(19-16-31)25(35)30-23-11-5-4-10-22(23)26(27,28)29/h3-12H,13-19H2,1-2H3,(H,30,35)/b9-7+. The molecule has 3 rings (SSSR count). The van der Waals surface area contributed by atoms with E-state index in [9.17, 15) is 22.8 Å². The molecule has 2 aromatic carbocycles. The van der Waals surface area contributed by atoms with Gasteiger partial charge in [-0.2, -0.15) is 13.2 Å². The van der Waals surface area contributed by atoms with Crippen molar-refractivity contribution >= 4 is 23.7 Å². The van der Waals surface area contributed by atoms with E-state index in [0.29, 0.717) is 45.8 Å². The largest absolute Gasteiger partial charge is 0.496 e. The average Bonchev–Trinajstić information content (AvgIpc) is 2.86. The molecule has 10 heteroatoms. The van der Waals surface area contributed by atoms with Crippen molar-refractivity contribution < 1.29 is 27.5 Å². The van der Waals surface area contributed by atoms with Gasteiger partial charge in [-0.1, -0.05) is 42.5 Å². The Labute approximate surface area is 209 Å². The Morgan fingerprint density at radius 3 is 2.39 bits per heavy atom. The summed E-state index contributed by atoms with van der Waals surface area (Å²) in [5, 5.41) is 2.39. The van der Waals surface area contributed by atoms with Crippen LogP contribution in [0.1, 0.15) is 18.1 Å². The Morgan fingerprint density at radius 1 is 1.06 bits per heavy atom. The highest BCUT2D eigenvalue weighted by Crippen LogP contribution is 2.34. The predicted molar refractivity (Wildman–Crippen MR) is 133 cm³/mol. The lowest BCUT2D eigenvalue weighted by molar-refractivity contribution is -0.137. The van der Waals surface area contributed by atoms with Crippen molar-refractivity contribution in [2.75, 3.05) is 58.2 Å².